The molecule has 74 valence electrons. The Morgan fingerprint density at radius 2 is 2.36 bits per heavy atom. The Hall–Kier alpha value is -1.58. The van der Waals surface area contributed by atoms with Crippen LogP contribution < -0.4 is 4.74 Å². The lowest BCUT2D eigenvalue weighted by Gasteiger charge is -2.20. The minimum Gasteiger partial charge on any atom is -0.481 e. The van der Waals surface area contributed by atoms with Gasteiger partial charge in [-0.1, -0.05) is 0 Å². The molecule has 0 saturated heterocycles. The van der Waals surface area contributed by atoms with Gasteiger partial charge in [0.1, 0.15) is 6.10 Å². The van der Waals surface area contributed by atoms with E-state index in [9.17, 15) is 4.79 Å². The number of rotatable bonds is 1. The number of hydrogen-bond donors (Lipinski definition) is 0. The second-order valence-electron chi connectivity index (χ2n) is 3.27. The van der Waals surface area contributed by atoms with Crippen molar-refractivity contribution in [3.05, 3.63) is 23.4 Å². The summed E-state index contributed by atoms with van der Waals surface area (Å²) in [6.45, 7) is 1.85. The van der Waals surface area contributed by atoms with E-state index in [-0.39, 0.29) is 12.1 Å². The highest BCUT2D eigenvalue weighted by Gasteiger charge is 2.24. The highest BCUT2D eigenvalue weighted by molar-refractivity contribution is 5.91. The molecule has 1 aliphatic heterocycles. The number of cyclic esters (lactones) is 1. The Morgan fingerprint density at radius 3 is 3.07 bits per heavy atom. The molecule has 0 radical (unpaired) electrons. The Bertz CT molecular complexity index is 376. The predicted octanol–water partition coefficient (Wildman–Crippen LogP) is 1.19. The molecule has 1 atom stereocenters. The van der Waals surface area contributed by atoms with Crippen molar-refractivity contribution < 1.29 is 14.3 Å². The van der Waals surface area contributed by atoms with Crippen molar-refractivity contribution in [3.8, 4) is 5.88 Å². The van der Waals surface area contributed by atoms with Gasteiger partial charge < -0.3 is 9.47 Å². The summed E-state index contributed by atoms with van der Waals surface area (Å²) in [5, 5.41) is 0. The maximum absolute atomic E-state index is 11.4. The van der Waals surface area contributed by atoms with Crippen LogP contribution in [-0.4, -0.2) is 24.2 Å². The number of ether oxygens (including phenoxy) is 2. The van der Waals surface area contributed by atoms with Crippen molar-refractivity contribution >= 4 is 5.97 Å². The molecular weight excluding hydrogens is 182 g/mol. The fourth-order valence-corrected chi connectivity index (χ4v) is 1.50. The van der Waals surface area contributed by atoms with E-state index in [0.717, 1.165) is 5.69 Å². The second kappa shape index (κ2) is 3.29. The predicted molar refractivity (Wildman–Crippen MR) is 49.4 cm³/mol. The number of fused-ring (bicyclic) bond motifs is 1. The van der Waals surface area contributed by atoms with Gasteiger partial charge in [-0.3, -0.25) is 0 Å². The molecule has 0 bridgehead atoms. The normalized spacial score (nSPS) is 19.9. The maximum atomic E-state index is 11.4. The van der Waals surface area contributed by atoms with Crippen LogP contribution in [0.4, 0.5) is 0 Å². The first-order valence-corrected chi connectivity index (χ1v) is 4.45. The van der Waals surface area contributed by atoms with E-state index >= 15 is 0 Å². The van der Waals surface area contributed by atoms with E-state index in [4.69, 9.17) is 9.47 Å². The van der Waals surface area contributed by atoms with Crippen LogP contribution in [0.2, 0.25) is 0 Å². The third kappa shape index (κ3) is 1.43. The Balaban J connectivity index is 2.44. The molecule has 0 amide bonds. The monoisotopic (exact) mass is 193 g/mol. The van der Waals surface area contributed by atoms with E-state index in [1.54, 1.807) is 19.2 Å². The van der Waals surface area contributed by atoms with Gasteiger partial charge >= 0.3 is 5.97 Å². The summed E-state index contributed by atoms with van der Waals surface area (Å²) in [6.07, 6.45) is 0.549. The third-order valence-electron chi connectivity index (χ3n) is 2.17. The zero-order valence-electron chi connectivity index (χ0n) is 8.11. The lowest BCUT2D eigenvalue weighted by molar-refractivity contribution is 0.0296. The molecule has 0 spiro atoms. The molecule has 0 N–H and O–H groups in total. The first-order valence-electron chi connectivity index (χ1n) is 4.45. The Kier molecular flexibility index (Phi) is 2.11. The average molecular weight is 193 g/mol. The van der Waals surface area contributed by atoms with E-state index < -0.39 is 0 Å². The SMILES string of the molecule is COc1ccc2c(n1)CC(C)OC2=O. The number of hydrogen-bond acceptors (Lipinski definition) is 4. The number of aromatic nitrogens is 1. The number of pyridine rings is 1. The molecular formula is C10H11NO3. The van der Waals surface area contributed by atoms with Crippen LogP contribution in [0.3, 0.4) is 0 Å². The smallest absolute Gasteiger partial charge is 0.340 e. The van der Waals surface area contributed by atoms with Crippen LogP contribution >= 0.6 is 0 Å². The van der Waals surface area contributed by atoms with Gasteiger partial charge in [-0.05, 0) is 13.0 Å². The van der Waals surface area contributed by atoms with Crippen molar-refractivity contribution in [1.29, 1.82) is 0 Å². The van der Waals surface area contributed by atoms with Crippen LogP contribution in [0.15, 0.2) is 12.1 Å². The molecule has 2 heterocycles. The van der Waals surface area contributed by atoms with Gasteiger partial charge in [0.05, 0.1) is 18.4 Å². The molecule has 1 aliphatic rings. The lowest BCUT2D eigenvalue weighted by atomic mass is 10.1. The fraction of sp³-hybridized carbons (Fsp3) is 0.400. The van der Waals surface area contributed by atoms with Gasteiger partial charge in [0.25, 0.3) is 0 Å². The first kappa shape index (κ1) is 8.99. The van der Waals surface area contributed by atoms with Crippen molar-refractivity contribution in [2.45, 2.75) is 19.4 Å². The summed E-state index contributed by atoms with van der Waals surface area (Å²) >= 11 is 0. The largest absolute Gasteiger partial charge is 0.481 e. The molecule has 1 aromatic rings. The van der Waals surface area contributed by atoms with Crippen LogP contribution in [0.1, 0.15) is 23.0 Å². The highest BCUT2D eigenvalue weighted by atomic mass is 16.5. The molecule has 1 aromatic heterocycles. The number of carbonyl (C=O) groups excluding carboxylic acids is 1. The molecule has 4 nitrogen and oxygen atoms in total. The first-order chi connectivity index (χ1) is 6.70. The van der Waals surface area contributed by atoms with Crippen LogP contribution in [0, 0.1) is 0 Å². The molecule has 0 aromatic carbocycles. The summed E-state index contributed by atoms with van der Waals surface area (Å²) in [5.41, 5.74) is 1.30. The molecule has 1 unspecified atom stereocenters. The highest BCUT2D eigenvalue weighted by Crippen LogP contribution is 2.21. The molecule has 2 rings (SSSR count). The Labute approximate surface area is 81.9 Å². The fourth-order valence-electron chi connectivity index (χ4n) is 1.50. The minimum absolute atomic E-state index is 0.102. The summed E-state index contributed by atoms with van der Waals surface area (Å²) < 4.78 is 10.1. The van der Waals surface area contributed by atoms with Crippen molar-refractivity contribution in [2.24, 2.45) is 0 Å². The lowest BCUT2D eigenvalue weighted by Crippen LogP contribution is -2.26. The summed E-state index contributed by atoms with van der Waals surface area (Å²) in [7, 11) is 1.55. The topological polar surface area (TPSA) is 48.4 Å². The van der Waals surface area contributed by atoms with E-state index in [1.165, 1.54) is 0 Å². The molecule has 0 aliphatic carbocycles. The second-order valence-corrected chi connectivity index (χ2v) is 3.27. The van der Waals surface area contributed by atoms with Crippen LogP contribution in [-0.2, 0) is 11.2 Å². The van der Waals surface area contributed by atoms with E-state index in [1.807, 2.05) is 6.92 Å². The van der Waals surface area contributed by atoms with Gasteiger partial charge in [-0.15, -0.1) is 0 Å². The third-order valence-corrected chi connectivity index (χ3v) is 2.17. The number of carbonyl (C=O) groups is 1. The molecule has 4 heteroatoms. The molecule has 14 heavy (non-hydrogen) atoms. The van der Waals surface area contributed by atoms with Crippen molar-refractivity contribution in [3.63, 3.8) is 0 Å². The number of methoxy groups -OCH3 is 1. The standard InChI is InChI=1S/C10H11NO3/c1-6-5-8-7(10(12)14-6)3-4-9(11-8)13-2/h3-4,6H,5H2,1-2H3. The van der Waals surface area contributed by atoms with Gasteiger partial charge in [0, 0.05) is 12.5 Å². The Morgan fingerprint density at radius 1 is 1.57 bits per heavy atom. The zero-order valence-corrected chi connectivity index (χ0v) is 8.11. The van der Waals surface area contributed by atoms with Gasteiger partial charge in [0.2, 0.25) is 5.88 Å². The summed E-state index contributed by atoms with van der Waals surface area (Å²) in [6, 6.07) is 3.35. The van der Waals surface area contributed by atoms with Gasteiger partial charge in [-0.2, -0.15) is 0 Å². The van der Waals surface area contributed by atoms with Crippen LogP contribution in [0.25, 0.3) is 0 Å². The maximum Gasteiger partial charge on any atom is 0.340 e. The van der Waals surface area contributed by atoms with Gasteiger partial charge in [-0.25, -0.2) is 9.78 Å². The molecule has 0 saturated carbocycles. The molecule has 0 fully saturated rings. The number of nitrogens with zero attached hydrogens (tertiary/aromatic N) is 1. The quantitative estimate of drug-likeness (QED) is 0.628. The van der Waals surface area contributed by atoms with Gasteiger partial charge in [0.15, 0.2) is 0 Å². The average Bonchev–Trinajstić information content (AvgIpc) is 2.16. The van der Waals surface area contributed by atoms with Crippen molar-refractivity contribution in [2.75, 3.05) is 7.11 Å². The van der Waals surface area contributed by atoms with Crippen LogP contribution in [0.5, 0.6) is 5.88 Å². The minimum atomic E-state index is -0.297. The zero-order chi connectivity index (χ0) is 10.1. The summed E-state index contributed by atoms with van der Waals surface area (Å²) in [4.78, 5) is 15.6. The summed E-state index contributed by atoms with van der Waals surface area (Å²) in [5.74, 6) is 0.236. The number of esters is 1. The van der Waals surface area contributed by atoms with Crippen molar-refractivity contribution in [1.82, 2.24) is 4.98 Å². The van der Waals surface area contributed by atoms with E-state index in [0.29, 0.717) is 17.9 Å². The van der Waals surface area contributed by atoms with E-state index in [2.05, 4.69) is 4.98 Å².